The summed E-state index contributed by atoms with van der Waals surface area (Å²) < 4.78 is 0. The maximum Gasteiger partial charge on any atom is 0.221 e. The second-order valence-electron chi connectivity index (χ2n) is 3.90. The van der Waals surface area contributed by atoms with Gasteiger partial charge in [0.2, 0.25) is 6.41 Å². The summed E-state index contributed by atoms with van der Waals surface area (Å²) in [6.07, 6.45) is 6.55. The Balaban J connectivity index is 0.000000491. The summed E-state index contributed by atoms with van der Waals surface area (Å²) in [5.41, 5.74) is 5.19. The molecule has 0 aliphatic heterocycles. The number of hydrogen-bond acceptors (Lipinski definition) is 4. The lowest BCUT2D eigenvalue weighted by molar-refractivity contribution is -0.109. The van der Waals surface area contributed by atoms with Crippen molar-refractivity contribution in [3.05, 3.63) is 58.3 Å². The fourth-order valence-corrected chi connectivity index (χ4v) is 2.33. The number of benzene rings is 1. The maximum atomic E-state index is 8.94. The van der Waals surface area contributed by atoms with Crippen LogP contribution in [-0.4, -0.2) is 13.5 Å². The van der Waals surface area contributed by atoms with Crippen LogP contribution >= 0.6 is 11.3 Å². The lowest BCUT2D eigenvalue weighted by Crippen LogP contribution is -2.18. The quantitative estimate of drug-likeness (QED) is 0.344. The third kappa shape index (κ3) is 5.25. The van der Waals surface area contributed by atoms with Crippen LogP contribution in [0.4, 0.5) is 5.69 Å². The van der Waals surface area contributed by atoms with E-state index < -0.39 is 0 Å². The Morgan fingerprint density at radius 3 is 2.52 bits per heavy atom. The molecule has 0 atom stereocenters. The Kier molecular flexibility index (Phi) is 7.56. The van der Waals surface area contributed by atoms with E-state index in [1.807, 2.05) is 19.2 Å². The smallest absolute Gasteiger partial charge is 0.221 e. The lowest BCUT2D eigenvalue weighted by Gasteiger charge is -2.08. The molecule has 0 aliphatic rings. The van der Waals surface area contributed by atoms with Crippen molar-refractivity contribution in [2.75, 3.05) is 12.4 Å². The summed E-state index contributed by atoms with van der Waals surface area (Å²) in [5.74, 6) is 4.41. The van der Waals surface area contributed by atoms with Crippen LogP contribution in [0.5, 0.6) is 0 Å². The van der Waals surface area contributed by atoms with Crippen molar-refractivity contribution in [2.24, 2.45) is 5.84 Å². The van der Waals surface area contributed by atoms with Crippen LogP contribution in [-0.2, 0) is 4.79 Å². The van der Waals surface area contributed by atoms with Crippen molar-refractivity contribution in [3.63, 3.8) is 0 Å². The SMILES string of the molecule is C=Cc1cccc(NC)c1/C=C/c1cccs1.NNC=O. The molecular weight excluding hydrogens is 282 g/mol. The number of amides is 1. The predicted octanol–water partition coefficient (Wildman–Crippen LogP) is 3.21. The predicted molar refractivity (Wildman–Crippen MR) is 92.7 cm³/mol. The molecule has 4 nitrogen and oxygen atoms in total. The first-order valence-corrected chi connectivity index (χ1v) is 7.19. The highest BCUT2D eigenvalue weighted by Gasteiger charge is 2.01. The average Bonchev–Trinajstić information content (AvgIpc) is 3.06. The van der Waals surface area contributed by atoms with Gasteiger partial charge in [0.25, 0.3) is 0 Å². The average molecular weight is 301 g/mol. The molecule has 1 amide bonds. The summed E-state index contributed by atoms with van der Waals surface area (Å²) in [5, 5.41) is 5.29. The Morgan fingerprint density at radius 2 is 2.00 bits per heavy atom. The highest BCUT2D eigenvalue weighted by Crippen LogP contribution is 2.24. The molecule has 5 heteroatoms. The van der Waals surface area contributed by atoms with E-state index in [2.05, 4.69) is 59.5 Å². The van der Waals surface area contributed by atoms with Crippen molar-refractivity contribution in [3.8, 4) is 0 Å². The van der Waals surface area contributed by atoms with Crippen LogP contribution in [0.2, 0.25) is 0 Å². The normalized spacial score (nSPS) is 9.62. The van der Waals surface area contributed by atoms with E-state index in [0.717, 1.165) is 11.3 Å². The highest BCUT2D eigenvalue weighted by atomic mass is 32.1. The zero-order valence-corrected chi connectivity index (χ0v) is 12.7. The number of carbonyl (C=O) groups is 1. The highest BCUT2D eigenvalue weighted by molar-refractivity contribution is 7.10. The molecule has 0 saturated heterocycles. The van der Waals surface area contributed by atoms with Crippen LogP contribution < -0.4 is 16.6 Å². The molecule has 1 aromatic carbocycles. The minimum Gasteiger partial charge on any atom is -0.388 e. The summed E-state index contributed by atoms with van der Waals surface area (Å²) in [4.78, 5) is 10.2. The third-order valence-corrected chi connectivity index (χ3v) is 3.49. The van der Waals surface area contributed by atoms with Crippen LogP contribution in [0.1, 0.15) is 16.0 Å². The molecule has 1 aromatic heterocycles. The molecule has 0 spiro atoms. The van der Waals surface area contributed by atoms with E-state index >= 15 is 0 Å². The van der Waals surface area contributed by atoms with Crippen LogP contribution in [0.25, 0.3) is 18.2 Å². The van der Waals surface area contributed by atoms with E-state index in [9.17, 15) is 0 Å². The van der Waals surface area contributed by atoms with Crippen molar-refractivity contribution >= 4 is 41.7 Å². The molecule has 21 heavy (non-hydrogen) atoms. The largest absolute Gasteiger partial charge is 0.388 e. The molecule has 0 unspecified atom stereocenters. The first-order chi connectivity index (χ1) is 10.3. The minimum absolute atomic E-state index is 0.403. The van der Waals surface area contributed by atoms with Gasteiger partial charge in [-0.05, 0) is 29.2 Å². The van der Waals surface area contributed by atoms with E-state index in [0.29, 0.717) is 6.41 Å². The number of hydrogen-bond donors (Lipinski definition) is 3. The second-order valence-corrected chi connectivity index (χ2v) is 4.88. The van der Waals surface area contributed by atoms with Gasteiger partial charge in [-0.2, -0.15) is 0 Å². The third-order valence-electron chi connectivity index (χ3n) is 2.65. The number of carbonyl (C=O) groups excluding carboxylic acids is 1. The molecule has 2 aromatic rings. The zero-order chi connectivity index (χ0) is 15.5. The van der Waals surface area contributed by atoms with Gasteiger partial charge in [0, 0.05) is 23.2 Å². The molecule has 0 fully saturated rings. The fraction of sp³-hybridized carbons (Fsp3) is 0.0625. The summed E-state index contributed by atoms with van der Waals surface area (Å²) in [6.45, 7) is 3.85. The lowest BCUT2D eigenvalue weighted by atomic mass is 10.0. The molecule has 4 N–H and O–H groups in total. The van der Waals surface area contributed by atoms with Crippen LogP contribution in [0, 0.1) is 0 Å². The standard InChI is InChI=1S/C15H15NS.CH4N2O/c1-3-12-6-4-8-15(16-2)14(12)10-9-13-7-5-11-17-13;2-3-1-4/h3-11,16H,1H2,2H3;1H,2H2,(H,3,4)/b10-9+;. The van der Waals surface area contributed by atoms with E-state index in [1.165, 1.54) is 10.4 Å². The Labute approximate surface area is 129 Å². The monoisotopic (exact) mass is 301 g/mol. The van der Waals surface area contributed by atoms with Gasteiger partial charge in [0.1, 0.15) is 0 Å². The Morgan fingerprint density at radius 1 is 1.24 bits per heavy atom. The van der Waals surface area contributed by atoms with E-state index in [4.69, 9.17) is 4.79 Å². The zero-order valence-electron chi connectivity index (χ0n) is 11.9. The van der Waals surface area contributed by atoms with Gasteiger partial charge in [-0.15, -0.1) is 11.3 Å². The van der Waals surface area contributed by atoms with Crippen molar-refractivity contribution in [1.29, 1.82) is 0 Å². The maximum absolute atomic E-state index is 8.94. The van der Waals surface area contributed by atoms with E-state index in [1.54, 1.807) is 16.8 Å². The summed E-state index contributed by atoms with van der Waals surface area (Å²) >= 11 is 1.74. The van der Waals surface area contributed by atoms with Gasteiger partial charge < -0.3 is 5.32 Å². The number of nitrogens with one attached hydrogen (secondary N) is 2. The van der Waals surface area contributed by atoms with Crippen LogP contribution in [0.15, 0.2) is 42.3 Å². The fourth-order valence-electron chi connectivity index (χ4n) is 1.72. The van der Waals surface area contributed by atoms with Gasteiger partial charge in [0.05, 0.1) is 0 Å². The van der Waals surface area contributed by atoms with Gasteiger partial charge >= 0.3 is 0 Å². The number of anilines is 1. The molecular formula is C16H19N3OS. The summed E-state index contributed by atoms with van der Waals surface area (Å²) in [6, 6.07) is 10.3. The molecule has 110 valence electrons. The number of nitrogens with two attached hydrogens (primary N) is 1. The molecule has 1 heterocycles. The molecule has 2 rings (SSSR count). The van der Waals surface area contributed by atoms with Gasteiger partial charge in [-0.1, -0.05) is 36.9 Å². The molecule has 0 radical (unpaired) electrons. The van der Waals surface area contributed by atoms with Gasteiger partial charge in [0.15, 0.2) is 0 Å². The van der Waals surface area contributed by atoms with Gasteiger partial charge in [-0.25, -0.2) is 5.84 Å². The molecule has 0 bridgehead atoms. The second kappa shape index (κ2) is 9.52. The Hall–Kier alpha value is -2.37. The van der Waals surface area contributed by atoms with E-state index in [-0.39, 0.29) is 0 Å². The first-order valence-electron chi connectivity index (χ1n) is 6.31. The molecule has 0 saturated carbocycles. The van der Waals surface area contributed by atoms with Crippen molar-refractivity contribution in [1.82, 2.24) is 5.43 Å². The van der Waals surface area contributed by atoms with Crippen molar-refractivity contribution in [2.45, 2.75) is 0 Å². The number of hydrazine groups is 1. The first kappa shape index (κ1) is 16.7. The Bertz CT molecular complexity index is 592. The number of thiophene rings is 1. The number of rotatable bonds is 5. The topological polar surface area (TPSA) is 67.2 Å². The minimum atomic E-state index is 0.403. The molecule has 0 aliphatic carbocycles. The van der Waals surface area contributed by atoms with Gasteiger partial charge in [-0.3, -0.25) is 10.2 Å². The van der Waals surface area contributed by atoms with Crippen LogP contribution in [0.3, 0.4) is 0 Å². The summed E-state index contributed by atoms with van der Waals surface area (Å²) in [7, 11) is 1.94. The van der Waals surface area contributed by atoms with Crippen molar-refractivity contribution < 1.29 is 4.79 Å².